The molecule has 0 bridgehead atoms. The van der Waals surface area contributed by atoms with E-state index in [0.29, 0.717) is 62.9 Å². The second-order valence-corrected chi connectivity index (χ2v) is 16.8. The van der Waals surface area contributed by atoms with Crippen LogP contribution in [0.1, 0.15) is 89.5 Å². The lowest BCUT2D eigenvalue weighted by Gasteiger charge is -2.40. The van der Waals surface area contributed by atoms with Gasteiger partial charge in [-0.25, -0.2) is 9.59 Å². The summed E-state index contributed by atoms with van der Waals surface area (Å²) in [6, 6.07) is 6.86. The number of methoxy groups -OCH3 is 2. The fourth-order valence-corrected chi connectivity index (χ4v) is 10.8. The summed E-state index contributed by atoms with van der Waals surface area (Å²) in [6.45, 7) is 2.01. The number of rotatable bonds is 13. The van der Waals surface area contributed by atoms with Gasteiger partial charge in [0.25, 0.3) is 0 Å². The standard InChI is InChI=1S/C38H54N4O8S2/c1-4-10-25(33(43)39-27-19-21-51-31-15-8-13-29(37(47)49-2)41(31)35(27)45)17-18-26(23-24-11-6-5-7-12-24)34(44)40-28-20-22-52-32-16-9-14-30(38(48)50-3)42(32)36(28)46/h5-7,11-12,25-32H,4,8-10,13-23H2,1-3H3,(H,39,43)(H,40,44)/t25-,26+,27-,28-,29-,30-,31-,32-/m0/s1. The van der Waals surface area contributed by atoms with Gasteiger partial charge in [-0.15, -0.1) is 23.5 Å². The Kier molecular flexibility index (Phi) is 14.7. The Bertz CT molecular complexity index is 1430. The Balaban J connectivity index is 1.28. The quantitative estimate of drug-likeness (QED) is 0.282. The Morgan fingerprint density at radius 2 is 1.19 bits per heavy atom. The van der Waals surface area contributed by atoms with Crippen molar-refractivity contribution in [3.63, 3.8) is 0 Å². The predicted molar refractivity (Wildman–Crippen MR) is 200 cm³/mol. The molecular weight excluding hydrogens is 705 g/mol. The van der Waals surface area contributed by atoms with E-state index in [4.69, 9.17) is 9.47 Å². The number of fused-ring (bicyclic) bond motifs is 2. The van der Waals surface area contributed by atoms with E-state index in [1.165, 1.54) is 14.2 Å². The minimum Gasteiger partial charge on any atom is -0.467 e. The zero-order valence-corrected chi connectivity index (χ0v) is 32.2. The number of hydrogen-bond donors (Lipinski definition) is 2. The number of nitrogens with one attached hydrogen (secondary N) is 2. The van der Waals surface area contributed by atoms with E-state index < -0.39 is 47.9 Å². The number of esters is 2. The highest BCUT2D eigenvalue weighted by Gasteiger charge is 2.45. The summed E-state index contributed by atoms with van der Waals surface area (Å²) < 4.78 is 10.1. The molecule has 0 aliphatic carbocycles. The molecule has 4 fully saturated rings. The van der Waals surface area contributed by atoms with Gasteiger partial charge in [0.15, 0.2) is 0 Å². The third kappa shape index (κ3) is 9.64. The third-order valence-corrected chi connectivity index (χ3v) is 13.5. The maximum absolute atomic E-state index is 14.1. The zero-order valence-electron chi connectivity index (χ0n) is 30.6. The van der Waals surface area contributed by atoms with E-state index in [0.717, 1.165) is 37.7 Å². The smallest absolute Gasteiger partial charge is 0.328 e. The van der Waals surface area contributed by atoms with Crippen LogP contribution in [0.4, 0.5) is 0 Å². The molecule has 52 heavy (non-hydrogen) atoms. The van der Waals surface area contributed by atoms with Crippen LogP contribution in [0.5, 0.6) is 0 Å². The Hall–Kier alpha value is -3.26. The second kappa shape index (κ2) is 19.2. The minimum atomic E-state index is -0.769. The molecule has 4 aliphatic rings. The normalized spacial score (nSPS) is 27.5. The van der Waals surface area contributed by atoms with Crippen molar-refractivity contribution in [2.24, 2.45) is 11.8 Å². The molecule has 1 aromatic rings. The monoisotopic (exact) mass is 758 g/mol. The third-order valence-electron chi connectivity index (χ3n) is 10.8. The van der Waals surface area contributed by atoms with Gasteiger partial charge in [-0.2, -0.15) is 0 Å². The van der Waals surface area contributed by atoms with E-state index in [1.807, 2.05) is 37.3 Å². The summed E-state index contributed by atoms with van der Waals surface area (Å²) in [7, 11) is 2.66. The fraction of sp³-hybridized carbons (Fsp3) is 0.684. The van der Waals surface area contributed by atoms with E-state index in [1.54, 1.807) is 33.3 Å². The van der Waals surface area contributed by atoms with Crippen molar-refractivity contribution in [1.29, 1.82) is 0 Å². The number of benzene rings is 1. The topological polar surface area (TPSA) is 151 Å². The predicted octanol–water partition coefficient (Wildman–Crippen LogP) is 4.05. The summed E-state index contributed by atoms with van der Waals surface area (Å²) >= 11 is 3.29. The van der Waals surface area contributed by atoms with Crippen LogP contribution in [0.2, 0.25) is 0 Å². The van der Waals surface area contributed by atoms with Gasteiger partial charge in [-0.3, -0.25) is 19.2 Å². The number of carbonyl (C=O) groups is 6. The van der Waals surface area contributed by atoms with Crippen LogP contribution in [0, 0.1) is 11.8 Å². The molecule has 5 rings (SSSR count). The number of ether oxygens (including phenoxy) is 2. The highest BCUT2D eigenvalue weighted by atomic mass is 32.2. The summed E-state index contributed by atoms with van der Waals surface area (Å²) in [4.78, 5) is 84.4. The molecule has 4 amide bonds. The van der Waals surface area contributed by atoms with Crippen molar-refractivity contribution >= 4 is 59.1 Å². The highest BCUT2D eigenvalue weighted by molar-refractivity contribution is 8.00. The Morgan fingerprint density at radius 3 is 1.67 bits per heavy atom. The summed E-state index contributed by atoms with van der Waals surface area (Å²) in [6.07, 6.45) is 7.82. The van der Waals surface area contributed by atoms with Crippen LogP contribution >= 0.6 is 23.5 Å². The van der Waals surface area contributed by atoms with Crippen molar-refractivity contribution in [3.8, 4) is 0 Å². The molecular formula is C38H54N4O8S2. The molecule has 1 aromatic carbocycles. The van der Waals surface area contributed by atoms with Crippen molar-refractivity contribution < 1.29 is 38.2 Å². The van der Waals surface area contributed by atoms with Gasteiger partial charge in [0, 0.05) is 11.8 Å². The van der Waals surface area contributed by atoms with Crippen LogP contribution in [-0.4, -0.2) is 106 Å². The Morgan fingerprint density at radius 1 is 0.712 bits per heavy atom. The first-order valence-electron chi connectivity index (χ1n) is 18.8. The van der Waals surface area contributed by atoms with Crippen LogP contribution in [0.25, 0.3) is 0 Å². The van der Waals surface area contributed by atoms with Crippen molar-refractivity contribution in [1.82, 2.24) is 20.4 Å². The largest absolute Gasteiger partial charge is 0.467 e. The lowest BCUT2D eigenvalue weighted by Crippen LogP contribution is -2.58. The molecule has 286 valence electrons. The van der Waals surface area contributed by atoms with Gasteiger partial charge in [-0.1, -0.05) is 43.7 Å². The molecule has 14 heteroatoms. The Labute approximate surface area is 315 Å². The first-order chi connectivity index (χ1) is 25.2. The number of nitrogens with zero attached hydrogens (tertiary/aromatic N) is 2. The van der Waals surface area contributed by atoms with Gasteiger partial charge in [0.2, 0.25) is 23.6 Å². The number of piperidine rings is 2. The van der Waals surface area contributed by atoms with E-state index >= 15 is 0 Å². The van der Waals surface area contributed by atoms with Crippen LogP contribution in [0.15, 0.2) is 30.3 Å². The number of amides is 4. The zero-order chi connectivity index (χ0) is 37.2. The van der Waals surface area contributed by atoms with Gasteiger partial charge in [0.1, 0.15) is 24.2 Å². The van der Waals surface area contributed by atoms with E-state index in [2.05, 4.69) is 10.6 Å². The van der Waals surface area contributed by atoms with E-state index in [9.17, 15) is 28.8 Å². The average molecular weight is 759 g/mol. The molecule has 0 aromatic heterocycles. The minimum absolute atomic E-state index is 0.123. The maximum atomic E-state index is 14.1. The number of carbonyl (C=O) groups excluding carboxylic acids is 6. The van der Waals surface area contributed by atoms with Crippen molar-refractivity contribution in [2.75, 3.05) is 25.7 Å². The highest BCUT2D eigenvalue weighted by Crippen LogP contribution is 2.36. The molecule has 4 saturated heterocycles. The molecule has 4 aliphatic heterocycles. The molecule has 0 radical (unpaired) electrons. The number of thioether (sulfide) groups is 2. The molecule has 0 saturated carbocycles. The fourth-order valence-electron chi connectivity index (χ4n) is 8.06. The summed E-state index contributed by atoms with van der Waals surface area (Å²) in [5.41, 5.74) is 0.974. The lowest BCUT2D eigenvalue weighted by atomic mass is 9.87. The lowest BCUT2D eigenvalue weighted by molar-refractivity contribution is -0.156. The molecule has 8 atom stereocenters. The molecule has 0 spiro atoms. The van der Waals surface area contributed by atoms with Crippen molar-refractivity contribution in [2.45, 2.75) is 125 Å². The van der Waals surface area contributed by atoms with Gasteiger partial charge >= 0.3 is 11.9 Å². The molecule has 12 nitrogen and oxygen atoms in total. The SMILES string of the molecule is CCC[C@@H](CC[C@H](Cc1ccccc1)C(=O)N[C@H]1CCS[C@H]2CCC[C@@H](C(=O)OC)N2C1=O)C(=O)N[C@H]1CCS[C@H]2CCC[C@@H](C(=O)OC)N2C1=O. The molecule has 2 N–H and O–H groups in total. The van der Waals surface area contributed by atoms with Gasteiger partial charge < -0.3 is 29.9 Å². The molecule has 4 heterocycles. The molecule has 0 unspecified atom stereocenters. The van der Waals surface area contributed by atoms with Crippen LogP contribution in [0.3, 0.4) is 0 Å². The van der Waals surface area contributed by atoms with E-state index in [-0.39, 0.29) is 34.4 Å². The first kappa shape index (κ1) is 39.9. The summed E-state index contributed by atoms with van der Waals surface area (Å²) in [5.74, 6) is -1.44. The van der Waals surface area contributed by atoms with Crippen molar-refractivity contribution in [3.05, 3.63) is 35.9 Å². The first-order valence-corrected chi connectivity index (χ1v) is 20.9. The number of hydrogen-bond acceptors (Lipinski definition) is 10. The van der Waals surface area contributed by atoms with Gasteiger partial charge in [0.05, 0.1) is 25.0 Å². The average Bonchev–Trinajstić information content (AvgIpc) is 3.42. The van der Waals surface area contributed by atoms with Crippen LogP contribution < -0.4 is 10.6 Å². The second-order valence-electron chi connectivity index (χ2n) is 14.2. The maximum Gasteiger partial charge on any atom is 0.328 e. The van der Waals surface area contributed by atoms with Gasteiger partial charge in [-0.05, 0) is 94.1 Å². The van der Waals surface area contributed by atoms with Crippen LogP contribution in [-0.2, 0) is 44.7 Å². The summed E-state index contributed by atoms with van der Waals surface area (Å²) in [5, 5.41) is 5.85.